The number of benzene rings is 10. The molecule has 1 aliphatic rings. The largest absolute Gasteiger partial charge is 0.309 e. The third kappa shape index (κ3) is 6.10. The standard InChI is InChI=1S/C61H47B7N2/c62-55-48(36-28-31-46-42(32-36)49-38(35-16-5-2-6-17-35)21-13-25-47(49)69(46)37-29-26-34(27-30-37)33-14-3-1-4-15-33)56(63)57(64)51-50(52-54(53(51)55)59(66)61(68)60(67)58(52)65)41-20-9-12-24-45(41)70-43-22-10-7-18-39(43)40-19-8-11-23-44(40)70/h1-32,50H,62-68H2. The van der Waals surface area contributed by atoms with Crippen LogP contribution in [0.2, 0.25) is 0 Å². The summed E-state index contributed by atoms with van der Waals surface area (Å²) in [7, 11) is 16.6. The number of fused-ring (bicyclic) bond motifs is 9. The second kappa shape index (κ2) is 16.2. The highest BCUT2D eigenvalue weighted by atomic mass is 15.0. The molecule has 1 aliphatic carbocycles. The summed E-state index contributed by atoms with van der Waals surface area (Å²) in [5.41, 5.74) is 31.4. The van der Waals surface area contributed by atoms with E-state index < -0.39 is 0 Å². The predicted molar refractivity (Wildman–Crippen MR) is 321 cm³/mol. The molecule has 10 aromatic carbocycles. The molecule has 0 aliphatic heterocycles. The molecule has 0 radical (unpaired) electrons. The highest BCUT2D eigenvalue weighted by molar-refractivity contribution is 6.65. The number of para-hydroxylation sites is 3. The summed E-state index contributed by atoms with van der Waals surface area (Å²) in [6.07, 6.45) is 0. The van der Waals surface area contributed by atoms with E-state index in [1.54, 1.807) is 0 Å². The number of nitrogens with zero attached hydrogens (tertiary/aromatic N) is 2. The number of rotatable bonds is 6. The van der Waals surface area contributed by atoms with E-state index in [1.165, 1.54) is 149 Å². The molecular weight excluding hydrogens is 836 g/mol. The Hall–Kier alpha value is -7.75. The lowest BCUT2D eigenvalue weighted by molar-refractivity contribution is 0.997. The van der Waals surface area contributed by atoms with Gasteiger partial charge in [-0.15, -0.1) is 10.9 Å². The Morgan fingerprint density at radius 3 is 1.50 bits per heavy atom. The summed E-state index contributed by atoms with van der Waals surface area (Å²) in [5.74, 6) is 0.0488. The van der Waals surface area contributed by atoms with Crippen LogP contribution in [0.3, 0.4) is 0 Å². The normalized spacial score (nSPS) is 13.1. The third-order valence-electron chi connectivity index (χ3n) is 16.4. The highest BCUT2D eigenvalue weighted by Gasteiger charge is 2.38. The smallest absolute Gasteiger partial charge is 0.140 e. The second-order valence-corrected chi connectivity index (χ2v) is 19.7. The zero-order chi connectivity index (χ0) is 47.5. The van der Waals surface area contributed by atoms with Crippen molar-refractivity contribution >= 4 is 137 Å². The van der Waals surface area contributed by atoms with E-state index in [0.717, 1.165) is 5.69 Å². The van der Waals surface area contributed by atoms with Crippen LogP contribution in [-0.2, 0) is 0 Å². The van der Waals surface area contributed by atoms with Gasteiger partial charge in [0.1, 0.15) is 54.9 Å². The van der Waals surface area contributed by atoms with Gasteiger partial charge in [0.15, 0.2) is 0 Å². The van der Waals surface area contributed by atoms with Gasteiger partial charge in [-0.2, -0.15) is 0 Å². The van der Waals surface area contributed by atoms with Gasteiger partial charge >= 0.3 is 0 Å². The van der Waals surface area contributed by atoms with Crippen molar-refractivity contribution in [3.05, 3.63) is 211 Å². The van der Waals surface area contributed by atoms with Gasteiger partial charge in [0.05, 0.1) is 27.8 Å². The summed E-state index contributed by atoms with van der Waals surface area (Å²) >= 11 is 0. The van der Waals surface area contributed by atoms with Crippen LogP contribution in [0, 0.1) is 0 Å². The molecule has 0 bridgehead atoms. The first kappa shape index (κ1) is 42.4. The Morgan fingerprint density at radius 1 is 0.314 bits per heavy atom. The van der Waals surface area contributed by atoms with Crippen LogP contribution in [0.1, 0.15) is 22.6 Å². The molecule has 0 saturated carbocycles. The van der Waals surface area contributed by atoms with Gasteiger partial charge < -0.3 is 9.13 Å². The molecule has 322 valence electrons. The van der Waals surface area contributed by atoms with Crippen LogP contribution in [0.15, 0.2) is 194 Å². The summed E-state index contributed by atoms with van der Waals surface area (Å²) in [5, 5.41) is 5.09. The number of aromatic nitrogens is 2. The Bertz CT molecular complexity index is 4080. The first-order chi connectivity index (χ1) is 34.2. The van der Waals surface area contributed by atoms with Gasteiger partial charge in [0, 0.05) is 33.2 Å². The maximum atomic E-state index is 2.53. The average molecular weight is 884 g/mol. The zero-order valence-electron chi connectivity index (χ0n) is 40.9. The van der Waals surface area contributed by atoms with Crippen LogP contribution < -0.4 is 38.2 Å². The first-order valence-electron chi connectivity index (χ1n) is 24.8. The molecule has 0 N–H and O–H groups in total. The maximum Gasteiger partial charge on any atom is 0.140 e. The van der Waals surface area contributed by atoms with E-state index in [4.69, 9.17) is 0 Å². The monoisotopic (exact) mass is 884 g/mol. The number of hydrogen-bond donors (Lipinski definition) is 0. The van der Waals surface area contributed by atoms with Gasteiger partial charge in [0.25, 0.3) is 0 Å². The zero-order valence-corrected chi connectivity index (χ0v) is 40.9. The van der Waals surface area contributed by atoms with Crippen LogP contribution >= 0.6 is 0 Å². The van der Waals surface area contributed by atoms with Crippen LogP contribution in [0.5, 0.6) is 0 Å². The fourth-order valence-electron chi connectivity index (χ4n) is 12.7. The van der Waals surface area contributed by atoms with Crippen molar-refractivity contribution in [2.45, 2.75) is 5.92 Å². The molecule has 0 spiro atoms. The third-order valence-corrected chi connectivity index (χ3v) is 16.4. The highest BCUT2D eigenvalue weighted by Crippen LogP contribution is 2.48. The molecule has 2 nitrogen and oxygen atoms in total. The van der Waals surface area contributed by atoms with Gasteiger partial charge in [-0.05, 0) is 110 Å². The minimum atomic E-state index is 0.0488. The molecular formula is C61H47B7N2. The average Bonchev–Trinajstić information content (AvgIpc) is 4.06. The van der Waals surface area contributed by atoms with Gasteiger partial charge in [-0.25, -0.2) is 0 Å². The molecule has 0 fully saturated rings. The lowest BCUT2D eigenvalue weighted by Crippen LogP contribution is -2.49. The van der Waals surface area contributed by atoms with Crippen molar-refractivity contribution in [2.75, 3.05) is 0 Å². The molecule has 1 atom stereocenters. The van der Waals surface area contributed by atoms with E-state index in [2.05, 4.69) is 258 Å². The van der Waals surface area contributed by atoms with Crippen LogP contribution in [-0.4, -0.2) is 64.1 Å². The number of hydrogen-bond acceptors (Lipinski definition) is 0. The Labute approximate surface area is 416 Å². The molecule has 2 heterocycles. The van der Waals surface area contributed by atoms with Gasteiger partial charge in [-0.3, -0.25) is 0 Å². The molecule has 9 heteroatoms. The van der Waals surface area contributed by atoms with Crippen molar-refractivity contribution < 1.29 is 0 Å². The summed E-state index contributed by atoms with van der Waals surface area (Å²) in [6.45, 7) is 0. The maximum absolute atomic E-state index is 2.53. The summed E-state index contributed by atoms with van der Waals surface area (Å²) < 4.78 is 4.99. The van der Waals surface area contributed by atoms with Crippen molar-refractivity contribution in [1.29, 1.82) is 0 Å². The van der Waals surface area contributed by atoms with Crippen LogP contribution in [0.4, 0.5) is 0 Å². The van der Waals surface area contributed by atoms with Crippen LogP contribution in [0.25, 0.3) is 99.5 Å². The molecule has 70 heavy (non-hydrogen) atoms. The van der Waals surface area contributed by atoms with E-state index in [1.807, 2.05) is 0 Å². The van der Waals surface area contributed by atoms with Crippen molar-refractivity contribution in [2.24, 2.45) is 0 Å². The summed E-state index contributed by atoms with van der Waals surface area (Å²) in [6, 6.07) is 71.8. The molecule has 0 amide bonds. The molecule has 2 aromatic heterocycles. The fraction of sp³-hybridized carbons (Fsp3) is 0.0164. The molecule has 0 saturated heterocycles. The van der Waals surface area contributed by atoms with E-state index in [0.29, 0.717) is 0 Å². The lowest BCUT2D eigenvalue weighted by Gasteiger charge is -2.26. The van der Waals surface area contributed by atoms with Crippen molar-refractivity contribution in [3.63, 3.8) is 0 Å². The van der Waals surface area contributed by atoms with E-state index in [-0.39, 0.29) is 5.92 Å². The Morgan fingerprint density at radius 2 is 0.814 bits per heavy atom. The minimum absolute atomic E-state index is 0.0488. The molecule has 1 unspecified atom stereocenters. The first-order valence-corrected chi connectivity index (χ1v) is 24.8. The summed E-state index contributed by atoms with van der Waals surface area (Å²) in [4.78, 5) is 0. The second-order valence-electron chi connectivity index (χ2n) is 19.7. The minimum Gasteiger partial charge on any atom is -0.309 e. The predicted octanol–water partition coefficient (Wildman–Crippen LogP) is 3.85. The Balaban J connectivity index is 1.06. The quantitative estimate of drug-likeness (QED) is 0.225. The van der Waals surface area contributed by atoms with Crippen molar-refractivity contribution in [1.82, 2.24) is 9.13 Å². The van der Waals surface area contributed by atoms with Crippen molar-refractivity contribution in [3.8, 4) is 55.9 Å². The fourth-order valence-corrected chi connectivity index (χ4v) is 12.7. The van der Waals surface area contributed by atoms with E-state index >= 15 is 0 Å². The lowest BCUT2D eigenvalue weighted by atomic mass is 9.62. The van der Waals surface area contributed by atoms with Gasteiger partial charge in [0.2, 0.25) is 0 Å². The molecule has 13 rings (SSSR count). The van der Waals surface area contributed by atoms with E-state index in [9.17, 15) is 0 Å². The molecule has 12 aromatic rings. The SMILES string of the molecule is Bc1c(B)c(B)c2c(c1B)-c1c(B)c(-c3ccc4c(c3)c3c(-c5ccccc5)cccc3n4-c3ccc(-c4ccccc4)cc3)c(B)c(B)c1C2c1ccccc1-n1c2ccccc2c2ccccc21. The Kier molecular flexibility index (Phi) is 9.79. The topological polar surface area (TPSA) is 9.86 Å². The van der Waals surface area contributed by atoms with Gasteiger partial charge in [-0.1, -0.05) is 173 Å².